The largest absolute Gasteiger partial charge is 0.453 e. The molecule has 0 saturated heterocycles. The Kier molecular flexibility index (Phi) is 6.40. The Labute approximate surface area is 323 Å². The minimum atomic E-state index is -0.0636. The predicted molar refractivity (Wildman–Crippen MR) is 234 cm³/mol. The number of para-hydroxylation sites is 2. The van der Waals surface area contributed by atoms with E-state index < -0.39 is 0 Å². The van der Waals surface area contributed by atoms with Crippen LogP contribution in [0.4, 0.5) is 17.1 Å². The molecule has 1 aliphatic rings. The van der Waals surface area contributed by atoms with Crippen LogP contribution in [0.2, 0.25) is 0 Å². The smallest absolute Gasteiger partial charge is 0.159 e. The molecule has 1 aliphatic carbocycles. The van der Waals surface area contributed by atoms with Crippen molar-refractivity contribution in [3.8, 4) is 22.3 Å². The summed E-state index contributed by atoms with van der Waals surface area (Å²) < 4.78 is 13.9. The molecule has 11 aromatic rings. The minimum Gasteiger partial charge on any atom is -0.453 e. The van der Waals surface area contributed by atoms with Crippen molar-refractivity contribution in [1.82, 2.24) is 0 Å². The van der Waals surface area contributed by atoms with Crippen molar-refractivity contribution < 1.29 is 8.83 Å². The normalized spacial score (nSPS) is 13.3. The highest BCUT2D eigenvalue weighted by atomic mass is 16.3. The average Bonchev–Trinajstić information content (AvgIpc) is 3.90. The van der Waals surface area contributed by atoms with Crippen LogP contribution in [0.1, 0.15) is 25.0 Å². The van der Waals surface area contributed by atoms with E-state index in [-0.39, 0.29) is 5.41 Å². The molecule has 12 rings (SSSR count). The fourth-order valence-electron chi connectivity index (χ4n) is 9.57. The summed E-state index contributed by atoms with van der Waals surface area (Å²) in [6.07, 6.45) is 0. The number of hydrogen-bond donors (Lipinski definition) is 0. The number of hydrogen-bond acceptors (Lipinski definition) is 3. The van der Waals surface area contributed by atoms with E-state index in [9.17, 15) is 0 Å². The molecule has 0 N–H and O–H groups in total. The maximum Gasteiger partial charge on any atom is 0.159 e. The van der Waals surface area contributed by atoms with Gasteiger partial charge in [-0.05, 0) is 80.6 Å². The predicted octanol–water partition coefficient (Wildman–Crippen LogP) is 15.2. The molecular weight excluding hydrogens is 683 g/mol. The first-order valence-electron chi connectivity index (χ1n) is 19.3. The molecule has 0 spiro atoms. The number of anilines is 3. The second-order valence-corrected chi connectivity index (χ2v) is 15.6. The van der Waals surface area contributed by atoms with E-state index >= 15 is 0 Å². The van der Waals surface area contributed by atoms with Crippen molar-refractivity contribution in [2.75, 3.05) is 4.90 Å². The topological polar surface area (TPSA) is 29.5 Å². The fraction of sp³-hybridized carbons (Fsp3) is 0.0566. The zero-order valence-electron chi connectivity index (χ0n) is 31.0. The van der Waals surface area contributed by atoms with Crippen LogP contribution in [0.3, 0.4) is 0 Å². The monoisotopic (exact) mass is 717 g/mol. The number of furan rings is 2. The Morgan fingerprint density at radius 3 is 1.48 bits per heavy atom. The van der Waals surface area contributed by atoms with E-state index in [4.69, 9.17) is 8.83 Å². The van der Waals surface area contributed by atoms with Crippen LogP contribution in [-0.2, 0) is 5.41 Å². The Balaban J connectivity index is 1.10. The molecule has 2 heterocycles. The molecule has 56 heavy (non-hydrogen) atoms. The Morgan fingerprint density at radius 1 is 0.375 bits per heavy atom. The van der Waals surface area contributed by atoms with Gasteiger partial charge in [0.05, 0.1) is 11.4 Å². The lowest BCUT2D eigenvalue weighted by Crippen LogP contribution is -2.14. The molecule has 264 valence electrons. The molecule has 0 aliphatic heterocycles. The maximum atomic E-state index is 6.97. The summed E-state index contributed by atoms with van der Waals surface area (Å²) in [7, 11) is 0. The first-order chi connectivity index (χ1) is 27.5. The molecule has 0 radical (unpaired) electrons. The number of fused-ring (bicyclic) bond motifs is 13. The van der Waals surface area contributed by atoms with Crippen LogP contribution in [-0.4, -0.2) is 0 Å². The van der Waals surface area contributed by atoms with Gasteiger partial charge in [0, 0.05) is 43.4 Å². The van der Waals surface area contributed by atoms with Gasteiger partial charge in [-0.3, -0.25) is 0 Å². The molecule has 2 aromatic heterocycles. The second kappa shape index (κ2) is 11.5. The zero-order valence-corrected chi connectivity index (χ0v) is 31.0. The Bertz CT molecular complexity index is 3250. The van der Waals surface area contributed by atoms with Gasteiger partial charge in [-0.25, -0.2) is 0 Å². The van der Waals surface area contributed by atoms with Crippen molar-refractivity contribution in [1.29, 1.82) is 0 Å². The number of nitrogens with zero attached hydrogens (tertiary/aromatic N) is 1. The molecule has 3 nitrogen and oxygen atoms in total. The maximum absolute atomic E-state index is 6.97. The first-order valence-corrected chi connectivity index (χ1v) is 19.3. The molecule has 0 saturated carbocycles. The van der Waals surface area contributed by atoms with E-state index in [1.54, 1.807) is 0 Å². The van der Waals surface area contributed by atoms with Crippen LogP contribution < -0.4 is 4.90 Å². The van der Waals surface area contributed by atoms with Crippen LogP contribution in [0.5, 0.6) is 0 Å². The van der Waals surface area contributed by atoms with Crippen LogP contribution >= 0.6 is 0 Å². The molecule has 3 heteroatoms. The number of benzene rings is 9. The molecule has 9 aromatic carbocycles. The lowest BCUT2D eigenvalue weighted by Gasteiger charge is -2.26. The van der Waals surface area contributed by atoms with Crippen molar-refractivity contribution >= 4 is 82.5 Å². The lowest BCUT2D eigenvalue weighted by molar-refractivity contribution is 0.660. The van der Waals surface area contributed by atoms with Gasteiger partial charge >= 0.3 is 0 Å². The molecule has 0 atom stereocenters. The standard InChI is InChI=1S/C53H35NO2/c1-53(2)44-20-8-7-16-43(44)48-36(17-9-21-45(48)53)34-24-28-35(29-25-34)54(46-22-10-18-39-41-30-26-32-12-3-5-14-37(32)49(41)55-51(39)46)47-23-11-19-40-42-31-27-33-13-4-6-15-38(33)50(42)56-52(40)47/h3-31H,1-2H3. The van der Waals surface area contributed by atoms with E-state index in [1.807, 2.05) is 0 Å². The zero-order chi connectivity index (χ0) is 37.1. The SMILES string of the molecule is CC1(C)c2ccccc2-c2c(-c3ccc(N(c4cccc5c4oc4c6ccccc6ccc54)c4cccc5c4oc4c6ccccc6ccc54)cc3)cccc21. The highest BCUT2D eigenvalue weighted by Gasteiger charge is 2.36. The summed E-state index contributed by atoms with van der Waals surface area (Å²) in [4.78, 5) is 2.32. The van der Waals surface area contributed by atoms with Crippen LogP contribution in [0.25, 0.3) is 87.7 Å². The molecular formula is C53H35NO2. The summed E-state index contributed by atoms with van der Waals surface area (Å²) in [5.41, 5.74) is 14.1. The molecule has 0 amide bonds. The second-order valence-electron chi connectivity index (χ2n) is 15.6. The fourth-order valence-corrected chi connectivity index (χ4v) is 9.57. The summed E-state index contributed by atoms with van der Waals surface area (Å²) in [6.45, 7) is 4.68. The third kappa shape index (κ3) is 4.28. The van der Waals surface area contributed by atoms with Gasteiger partial charge in [0.1, 0.15) is 11.2 Å². The summed E-state index contributed by atoms with van der Waals surface area (Å²) in [6, 6.07) is 63.3. The third-order valence-electron chi connectivity index (χ3n) is 12.3. The van der Waals surface area contributed by atoms with Gasteiger partial charge in [-0.15, -0.1) is 0 Å². The van der Waals surface area contributed by atoms with Gasteiger partial charge in [-0.2, -0.15) is 0 Å². The molecule has 0 fully saturated rings. The van der Waals surface area contributed by atoms with E-state index in [0.29, 0.717) is 0 Å². The van der Waals surface area contributed by atoms with E-state index in [0.717, 1.165) is 82.5 Å². The van der Waals surface area contributed by atoms with Crippen molar-refractivity contribution in [3.63, 3.8) is 0 Å². The number of rotatable bonds is 4. The summed E-state index contributed by atoms with van der Waals surface area (Å²) >= 11 is 0. The van der Waals surface area contributed by atoms with Gasteiger partial charge < -0.3 is 13.7 Å². The van der Waals surface area contributed by atoms with Gasteiger partial charge in [0.25, 0.3) is 0 Å². The van der Waals surface area contributed by atoms with Gasteiger partial charge in [-0.1, -0.05) is 153 Å². The minimum absolute atomic E-state index is 0.0636. The van der Waals surface area contributed by atoms with Crippen LogP contribution in [0, 0.1) is 0 Å². The molecule has 0 bridgehead atoms. The third-order valence-corrected chi connectivity index (χ3v) is 12.3. The first kappa shape index (κ1) is 31.3. The lowest BCUT2D eigenvalue weighted by atomic mass is 9.82. The van der Waals surface area contributed by atoms with Crippen molar-refractivity contribution in [2.24, 2.45) is 0 Å². The van der Waals surface area contributed by atoms with Crippen molar-refractivity contribution in [3.05, 3.63) is 187 Å². The van der Waals surface area contributed by atoms with Crippen molar-refractivity contribution in [2.45, 2.75) is 19.3 Å². The van der Waals surface area contributed by atoms with E-state index in [1.165, 1.54) is 33.4 Å². The highest BCUT2D eigenvalue weighted by Crippen LogP contribution is 2.53. The van der Waals surface area contributed by atoms with Crippen LogP contribution in [0.15, 0.2) is 185 Å². The highest BCUT2D eigenvalue weighted by molar-refractivity contribution is 6.20. The van der Waals surface area contributed by atoms with E-state index in [2.05, 4.69) is 195 Å². The Morgan fingerprint density at radius 2 is 0.857 bits per heavy atom. The average molecular weight is 718 g/mol. The molecule has 0 unspecified atom stereocenters. The summed E-state index contributed by atoms with van der Waals surface area (Å²) in [5, 5.41) is 8.89. The quantitative estimate of drug-likeness (QED) is 0.182. The Hall–Kier alpha value is -7.10. The summed E-state index contributed by atoms with van der Waals surface area (Å²) in [5.74, 6) is 0. The van der Waals surface area contributed by atoms with Gasteiger partial charge in [0.2, 0.25) is 0 Å². The van der Waals surface area contributed by atoms with Gasteiger partial charge in [0.15, 0.2) is 11.2 Å².